The van der Waals surface area contributed by atoms with Crippen molar-refractivity contribution in [3.8, 4) is 0 Å². The Hall–Kier alpha value is -2.02. The van der Waals surface area contributed by atoms with E-state index in [-0.39, 0.29) is 6.54 Å². The lowest BCUT2D eigenvalue weighted by atomic mass is 10.2. The number of hydrogen-bond acceptors (Lipinski definition) is 5. The van der Waals surface area contributed by atoms with Crippen molar-refractivity contribution in [2.75, 3.05) is 11.9 Å². The lowest BCUT2D eigenvalue weighted by Gasteiger charge is -2.21. The Morgan fingerprint density at radius 2 is 2.09 bits per heavy atom. The van der Waals surface area contributed by atoms with Gasteiger partial charge in [-0.2, -0.15) is 0 Å². The Balaban J connectivity index is 2.78. The molecule has 0 aromatic carbocycles. The number of ether oxygens (including phenoxy) is 2. The van der Waals surface area contributed by atoms with E-state index >= 15 is 0 Å². The van der Waals surface area contributed by atoms with E-state index in [9.17, 15) is 9.59 Å². The first-order valence-electron chi connectivity index (χ1n) is 7.09. The Bertz CT molecular complexity index is 558. The van der Waals surface area contributed by atoms with Crippen LogP contribution in [-0.2, 0) is 16.0 Å². The highest BCUT2D eigenvalue weighted by atomic mass is 35.5. The predicted octanol–water partition coefficient (Wildman–Crippen LogP) is 3.26. The van der Waals surface area contributed by atoms with Gasteiger partial charge >= 0.3 is 12.2 Å². The molecule has 1 N–H and O–H groups in total. The molecule has 1 aromatic rings. The first-order valence-corrected chi connectivity index (χ1v) is 7.53. The van der Waals surface area contributed by atoms with Crippen LogP contribution in [0.5, 0.6) is 0 Å². The molecular weight excluding hydrogens is 322 g/mol. The molecule has 0 saturated carbocycles. The molecule has 0 radical (unpaired) electrons. The number of nitrogens with zero attached hydrogens (tertiary/aromatic N) is 2. The smallest absolute Gasteiger partial charge is 0.416 e. The molecule has 0 saturated heterocycles. The molecule has 0 aliphatic carbocycles. The SMILES string of the molecule is CC(Cl)OC(=O)N(C)c1ncccc1CNC(=O)OC(C)(C)C. The van der Waals surface area contributed by atoms with Crippen molar-refractivity contribution in [2.45, 2.75) is 45.4 Å². The van der Waals surface area contributed by atoms with Crippen molar-refractivity contribution in [1.82, 2.24) is 10.3 Å². The summed E-state index contributed by atoms with van der Waals surface area (Å²) >= 11 is 5.64. The topological polar surface area (TPSA) is 80.8 Å². The summed E-state index contributed by atoms with van der Waals surface area (Å²) in [6, 6.07) is 3.45. The van der Waals surface area contributed by atoms with E-state index in [2.05, 4.69) is 10.3 Å². The van der Waals surface area contributed by atoms with Gasteiger partial charge in [0.15, 0.2) is 5.56 Å². The molecule has 0 aliphatic heterocycles. The number of nitrogens with one attached hydrogen (secondary N) is 1. The van der Waals surface area contributed by atoms with Crippen LogP contribution in [-0.4, -0.2) is 35.4 Å². The van der Waals surface area contributed by atoms with Gasteiger partial charge in [-0.25, -0.2) is 14.6 Å². The zero-order valence-electron chi connectivity index (χ0n) is 13.9. The Labute approximate surface area is 140 Å². The second-order valence-corrected chi connectivity index (χ2v) is 6.44. The van der Waals surface area contributed by atoms with Crippen LogP contribution in [0.15, 0.2) is 18.3 Å². The minimum Gasteiger partial charge on any atom is -0.444 e. The van der Waals surface area contributed by atoms with E-state index < -0.39 is 23.4 Å². The van der Waals surface area contributed by atoms with Gasteiger partial charge in [-0.3, -0.25) is 4.90 Å². The average molecular weight is 344 g/mol. The zero-order chi connectivity index (χ0) is 17.6. The van der Waals surface area contributed by atoms with Crippen molar-refractivity contribution >= 4 is 29.6 Å². The first-order chi connectivity index (χ1) is 10.6. The highest BCUT2D eigenvalue weighted by Crippen LogP contribution is 2.17. The van der Waals surface area contributed by atoms with E-state index in [1.165, 1.54) is 18.9 Å². The second kappa shape index (κ2) is 8.01. The number of aromatic nitrogens is 1. The number of alkyl carbamates (subject to hydrolysis) is 1. The Morgan fingerprint density at radius 1 is 1.43 bits per heavy atom. The number of amides is 2. The molecule has 8 heteroatoms. The summed E-state index contributed by atoms with van der Waals surface area (Å²) in [5.41, 5.74) is -0.698. The number of halogens is 1. The molecule has 1 atom stereocenters. The molecular formula is C15H22ClN3O4. The van der Waals surface area contributed by atoms with Crippen LogP contribution in [0.2, 0.25) is 0 Å². The molecule has 0 fully saturated rings. The number of hydrogen-bond donors (Lipinski definition) is 1. The summed E-state index contributed by atoms with van der Waals surface area (Å²) in [6.45, 7) is 7.03. The van der Waals surface area contributed by atoms with E-state index in [4.69, 9.17) is 21.1 Å². The van der Waals surface area contributed by atoms with Crippen molar-refractivity contribution < 1.29 is 19.1 Å². The van der Waals surface area contributed by atoms with Crippen LogP contribution in [0.1, 0.15) is 33.3 Å². The Kier molecular flexibility index (Phi) is 6.62. The number of carbonyl (C=O) groups excluding carboxylic acids is 2. The van der Waals surface area contributed by atoms with Crippen LogP contribution >= 0.6 is 11.6 Å². The third-order valence-corrected chi connectivity index (χ3v) is 2.63. The van der Waals surface area contributed by atoms with Gasteiger partial charge in [0.05, 0.1) is 0 Å². The van der Waals surface area contributed by atoms with E-state index in [0.29, 0.717) is 11.4 Å². The molecule has 128 valence electrons. The largest absolute Gasteiger partial charge is 0.444 e. The van der Waals surface area contributed by atoms with Crippen molar-refractivity contribution in [3.05, 3.63) is 23.9 Å². The fourth-order valence-corrected chi connectivity index (χ4v) is 1.73. The highest BCUT2D eigenvalue weighted by Gasteiger charge is 2.20. The number of alkyl halides is 1. The number of anilines is 1. The summed E-state index contributed by atoms with van der Waals surface area (Å²) in [7, 11) is 1.51. The monoisotopic (exact) mass is 343 g/mol. The van der Waals surface area contributed by atoms with Crippen LogP contribution in [0.3, 0.4) is 0 Å². The Morgan fingerprint density at radius 3 is 2.65 bits per heavy atom. The van der Waals surface area contributed by atoms with Crippen molar-refractivity contribution in [3.63, 3.8) is 0 Å². The lowest BCUT2D eigenvalue weighted by molar-refractivity contribution is 0.0523. The van der Waals surface area contributed by atoms with Gasteiger partial charge in [0.25, 0.3) is 0 Å². The third kappa shape index (κ3) is 6.73. The molecule has 1 heterocycles. The molecule has 1 unspecified atom stereocenters. The molecule has 7 nitrogen and oxygen atoms in total. The average Bonchev–Trinajstić information content (AvgIpc) is 2.42. The van der Waals surface area contributed by atoms with Crippen molar-refractivity contribution in [2.24, 2.45) is 0 Å². The van der Waals surface area contributed by atoms with E-state index in [1.54, 1.807) is 39.1 Å². The minimum absolute atomic E-state index is 0.159. The fraction of sp³-hybridized carbons (Fsp3) is 0.533. The molecule has 0 spiro atoms. The summed E-state index contributed by atoms with van der Waals surface area (Å²) in [6.07, 6.45) is 0.358. The molecule has 0 bridgehead atoms. The van der Waals surface area contributed by atoms with Gasteiger partial charge < -0.3 is 14.8 Å². The van der Waals surface area contributed by atoms with Crippen molar-refractivity contribution in [1.29, 1.82) is 0 Å². The summed E-state index contributed by atoms with van der Waals surface area (Å²) in [4.78, 5) is 29.0. The maximum absolute atomic E-state index is 11.9. The van der Waals surface area contributed by atoms with Crippen LogP contribution in [0.4, 0.5) is 15.4 Å². The lowest BCUT2D eigenvalue weighted by Crippen LogP contribution is -2.34. The maximum Gasteiger partial charge on any atom is 0.416 e. The normalized spacial score (nSPS) is 12.3. The maximum atomic E-state index is 11.9. The van der Waals surface area contributed by atoms with Gasteiger partial charge in [-0.1, -0.05) is 17.7 Å². The van der Waals surface area contributed by atoms with Crippen LogP contribution < -0.4 is 10.2 Å². The third-order valence-electron chi connectivity index (χ3n) is 2.54. The van der Waals surface area contributed by atoms with Gasteiger partial charge in [0.1, 0.15) is 11.4 Å². The zero-order valence-corrected chi connectivity index (χ0v) is 14.7. The fourth-order valence-electron chi connectivity index (χ4n) is 1.66. The molecule has 2 amide bonds. The quantitative estimate of drug-likeness (QED) is 0.848. The van der Waals surface area contributed by atoms with E-state index in [1.807, 2.05) is 0 Å². The standard InChI is InChI=1S/C15H22ClN3O4/c1-10(16)22-14(21)19(5)12-11(7-6-8-17-12)9-18-13(20)23-15(2,3)4/h6-8,10H,9H2,1-5H3,(H,18,20). The molecule has 1 aromatic heterocycles. The molecule has 0 aliphatic rings. The highest BCUT2D eigenvalue weighted by molar-refractivity contribution is 6.20. The molecule has 1 rings (SSSR count). The first kappa shape index (κ1) is 19.0. The summed E-state index contributed by atoms with van der Waals surface area (Å²) < 4.78 is 10.1. The number of rotatable bonds is 4. The summed E-state index contributed by atoms with van der Waals surface area (Å²) in [5.74, 6) is 0.367. The van der Waals surface area contributed by atoms with Gasteiger partial charge in [0, 0.05) is 25.4 Å². The van der Waals surface area contributed by atoms with Gasteiger partial charge in [-0.05, 0) is 33.8 Å². The van der Waals surface area contributed by atoms with E-state index in [0.717, 1.165) is 0 Å². The summed E-state index contributed by atoms with van der Waals surface area (Å²) in [5, 5.41) is 2.62. The second-order valence-electron chi connectivity index (χ2n) is 5.83. The predicted molar refractivity (Wildman–Crippen MR) is 87.5 cm³/mol. The number of carbonyl (C=O) groups is 2. The van der Waals surface area contributed by atoms with Gasteiger partial charge in [0.2, 0.25) is 0 Å². The number of pyridine rings is 1. The van der Waals surface area contributed by atoms with Crippen LogP contribution in [0, 0.1) is 0 Å². The van der Waals surface area contributed by atoms with Crippen LogP contribution in [0.25, 0.3) is 0 Å². The van der Waals surface area contributed by atoms with Gasteiger partial charge in [-0.15, -0.1) is 0 Å². The molecule has 23 heavy (non-hydrogen) atoms. The minimum atomic E-state index is -0.753.